The van der Waals surface area contributed by atoms with Gasteiger partial charge in [0, 0.05) is 25.0 Å². The van der Waals surface area contributed by atoms with E-state index < -0.39 is 0 Å². The Morgan fingerprint density at radius 1 is 0.923 bits per heavy atom. The predicted octanol–water partition coefficient (Wildman–Crippen LogP) is 5.00. The van der Waals surface area contributed by atoms with Crippen molar-refractivity contribution in [1.29, 1.82) is 0 Å². The summed E-state index contributed by atoms with van der Waals surface area (Å²) in [6, 6.07) is 22.2. The molecule has 0 bridgehead atoms. The van der Waals surface area contributed by atoms with Crippen molar-refractivity contribution < 1.29 is 9.53 Å². The molecule has 0 N–H and O–H groups in total. The molecule has 1 amide bonds. The first-order chi connectivity index (χ1) is 12.6. The van der Waals surface area contributed by atoms with Gasteiger partial charge in [0.2, 0.25) is 0 Å². The number of ether oxygens (including phenoxy) is 1. The molecule has 0 saturated heterocycles. The quantitative estimate of drug-likeness (QED) is 0.513. The highest BCUT2D eigenvalue weighted by Gasteiger charge is 2.19. The molecule has 0 atom stereocenters. The van der Waals surface area contributed by atoms with Crippen LogP contribution < -0.4 is 4.74 Å². The van der Waals surface area contributed by atoms with E-state index in [0.717, 1.165) is 38.7 Å². The van der Waals surface area contributed by atoms with Crippen LogP contribution in [0.4, 0.5) is 4.79 Å². The van der Waals surface area contributed by atoms with Crippen LogP contribution in [0, 0.1) is 0 Å². The molecular formula is C22H20N2O2. The van der Waals surface area contributed by atoms with Crippen molar-refractivity contribution in [3.63, 3.8) is 0 Å². The normalized spacial score (nSPS) is 11.0. The molecule has 4 nitrogen and oxygen atoms in total. The average molecular weight is 344 g/mol. The van der Waals surface area contributed by atoms with Crippen LogP contribution in [-0.4, -0.2) is 36.7 Å². The topological polar surface area (TPSA) is 34.5 Å². The van der Waals surface area contributed by atoms with E-state index in [2.05, 4.69) is 30.3 Å². The lowest BCUT2D eigenvalue weighted by Crippen LogP contribution is -2.27. The summed E-state index contributed by atoms with van der Waals surface area (Å²) in [5.74, 6) is 0.774. The second-order valence-electron chi connectivity index (χ2n) is 6.49. The Kier molecular flexibility index (Phi) is 3.88. The summed E-state index contributed by atoms with van der Waals surface area (Å²) in [6.07, 6.45) is 0. The van der Waals surface area contributed by atoms with Gasteiger partial charge in [-0.1, -0.05) is 42.5 Å². The number of carbonyl (C=O) groups is 1. The molecule has 0 radical (unpaired) electrons. The molecule has 0 saturated carbocycles. The Balaban J connectivity index is 2.07. The molecule has 4 aromatic rings. The Morgan fingerprint density at radius 3 is 2.46 bits per heavy atom. The molecule has 3 aromatic carbocycles. The third kappa shape index (κ3) is 2.51. The van der Waals surface area contributed by atoms with Crippen LogP contribution in [-0.2, 0) is 0 Å². The Labute approximate surface area is 152 Å². The monoisotopic (exact) mass is 344 g/mol. The van der Waals surface area contributed by atoms with Gasteiger partial charge in [0.05, 0.1) is 18.3 Å². The van der Waals surface area contributed by atoms with Gasteiger partial charge < -0.3 is 9.64 Å². The van der Waals surface area contributed by atoms with E-state index in [9.17, 15) is 4.79 Å². The Hall–Kier alpha value is -3.27. The van der Waals surface area contributed by atoms with E-state index in [-0.39, 0.29) is 6.03 Å². The first-order valence-corrected chi connectivity index (χ1v) is 8.49. The second kappa shape index (κ2) is 6.23. The van der Waals surface area contributed by atoms with E-state index in [0.29, 0.717) is 0 Å². The standard InChI is InChI=1S/C22H20N2O2/c1-23(2)22(25)24-20-12-11-17(26-3)13-16(20)14-21(24)19-10-6-8-15-7-4-5-9-18(15)19/h4-14H,1-3H3. The maximum absolute atomic E-state index is 13.0. The number of methoxy groups -OCH3 is 1. The fourth-order valence-electron chi connectivity index (χ4n) is 3.37. The third-order valence-corrected chi connectivity index (χ3v) is 4.65. The average Bonchev–Trinajstić information content (AvgIpc) is 3.04. The lowest BCUT2D eigenvalue weighted by molar-refractivity contribution is 0.220. The van der Waals surface area contributed by atoms with Gasteiger partial charge in [-0.05, 0) is 35.0 Å². The van der Waals surface area contributed by atoms with Crippen LogP contribution in [0.15, 0.2) is 66.7 Å². The molecule has 0 spiro atoms. The van der Waals surface area contributed by atoms with Crippen LogP contribution in [0.25, 0.3) is 32.9 Å². The fraction of sp³-hybridized carbons (Fsp3) is 0.136. The maximum Gasteiger partial charge on any atom is 0.328 e. The number of fused-ring (bicyclic) bond motifs is 2. The van der Waals surface area contributed by atoms with E-state index in [1.165, 1.54) is 0 Å². The number of benzene rings is 3. The number of carbonyl (C=O) groups excluding carboxylic acids is 1. The molecule has 130 valence electrons. The molecule has 0 aliphatic heterocycles. The Morgan fingerprint density at radius 2 is 1.69 bits per heavy atom. The summed E-state index contributed by atoms with van der Waals surface area (Å²) >= 11 is 0. The number of hydrogen-bond donors (Lipinski definition) is 0. The fourth-order valence-corrected chi connectivity index (χ4v) is 3.37. The van der Waals surface area contributed by atoms with Crippen molar-refractivity contribution >= 4 is 27.7 Å². The summed E-state index contributed by atoms with van der Waals surface area (Å²) in [4.78, 5) is 14.6. The van der Waals surface area contributed by atoms with Crippen molar-refractivity contribution in [2.45, 2.75) is 0 Å². The van der Waals surface area contributed by atoms with Crippen LogP contribution in [0.1, 0.15) is 0 Å². The van der Waals surface area contributed by atoms with Gasteiger partial charge in [0.15, 0.2) is 0 Å². The summed E-state index contributed by atoms with van der Waals surface area (Å²) in [7, 11) is 5.18. The third-order valence-electron chi connectivity index (χ3n) is 4.65. The molecule has 1 heterocycles. The summed E-state index contributed by atoms with van der Waals surface area (Å²) in [5.41, 5.74) is 2.78. The number of amides is 1. The van der Waals surface area contributed by atoms with Crippen LogP contribution in [0.3, 0.4) is 0 Å². The maximum atomic E-state index is 13.0. The molecule has 1 aromatic heterocycles. The van der Waals surface area contributed by atoms with Gasteiger partial charge in [0.25, 0.3) is 0 Å². The van der Waals surface area contributed by atoms with Crippen molar-refractivity contribution in [1.82, 2.24) is 9.47 Å². The highest BCUT2D eigenvalue weighted by atomic mass is 16.5. The lowest BCUT2D eigenvalue weighted by Gasteiger charge is -2.16. The summed E-state index contributed by atoms with van der Waals surface area (Å²) < 4.78 is 7.13. The first-order valence-electron chi connectivity index (χ1n) is 8.49. The summed E-state index contributed by atoms with van der Waals surface area (Å²) in [6.45, 7) is 0. The van der Waals surface area contributed by atoms with E-state index in [1.807, 2.05) is 36.4 Å². The molecular weight excluding hydrogens is 324 g/mol. The SMILES string of the molecule is COc1ccc2c(c1)cc(-c1cccc3ccccc13)n2C(=O)N(C)C. The molecule has 4 heteroatoms. The highest BCUT2D eigenvalue weighted by Crippen LogP contribution is 2.34. The zero-order chi connectivity index (χ0) is 18.3. The molecule has 26 heavy (non-hydrogen) atoms. The van der Waals surface area contributed by atoms with Crippen molar-refractivity contribution in [3.05, 3.63) is 66.7 Å². The number of rotatable bonds is 2. The van der Waals surface area contributed by atoms with Gasteiger partial charge in [0.1, 0.15) is 5.75 Å². The van der Waals surface area contributed by atoms with Gasteiger partial charge in [-0.15, -0.1) is 0 Å². The van der Waals surface area contributed by atoms with Crippen LogP contribution in [0.5, 0.6) is 5.75 Å². The second-order valence-corrected chi connectivity index (χ2v) is 6.49. The van der Waals surface area contributed by atoms with Crippen molar-refractivity contribution in [2.75, 3.05) is 21.2 Å². The minimum Gasteiger partial charge on any atom is -0.497 e. The zero-order valence-electron chi connectivity index (χ0n) is 15.1. The number of aromatic nitrogens is 1. The largest absolute Gasteiger partial charge is 0.497 e. The van der Waals surface area contributed by atoms with Crippen molar-refractivity contribution in [2.24, 2.45) is 0 Å². The van der Waals surface area contributed by atoms with E-state index in [4.69, 9.17) is 4.74 Å². The molecule has 0 aliphatic carbocycles. The predicted molar refractivity (Wildman–Crippen MR) is 106 cm³/mol. The Bertz CT molecular complexity index is 1120. The van der Waals surface area contributed by atoms with Gasteiger partial charge in [-0.25, -0.2) is 4.79 Å². The van der Waals surface area contributed by atoms with Gasteiger partial charge >= 0.3 is 6.03 Å². The smallest absolute Gasteiger partial charge is 0.328 e. The van der Waals surface area contributed by atoms with Crippen molar-refractivity contribution in [3.8, 4) is 17.0 Å². The zero-order valence-corrected chi connectivity index (χ0v) is 15.1. The van der Waals surface area contributed by atoms with E-state index >= 15 is 0 Å². The molecule has 4 rings (SSSR count). The molecule has 0 fully saturated rings. The first kappa shape index (κ1) is 16.2. The van der Waals surface area contributed by atoms with Gasteiger partial charge in [-0.2, -0.15) is 0 Å². The highest BCUT2D eigenvalue weighted by molar-refractivity contribution is 6.03. The van der Waals surface area contributed by atoms with Crippen LogP contribution in [0.2, 0.25) is 0 Å². The lowest BCUT2D eigenvalue weighted by atomic mass is 10.0. The van der Waals surface area contributed by atoms with Crippen LogP contribution >= 0.6 is 0 Å². The van der Waals surface area contributed by atoms with Gasteiger partial charge in [-0.3, -0.25) is 4.57 Å². The minimum absolute atomic E-state index is 0.0758. The number of hydrogen-bond acceptors (Lipinski definition) is 2. The number of nitrogens with zero attached hydrogens (tertiary/aromatic N) is 2. The summed E-state index contributed by atoms with van der Waals surface area (Å²) in [5, 5.41) is 3.25. The van der Waals surface area contributed by atoms with E-state index in [1.54, 1.807) is 30.7 Å². The molecule has 0 aliphatic rings. The molecule has 0 unspecified atom stereocenters. The minimum atomic E-state index is -0.0758.